The molecule has 1 unspecified atom stereocenters. The predicted molar refractivity (Wildman–Crippen MR) is 85.6 cm³/mol. The second kappa shape index (κ2) is 6.17. The van der Waals surface area contributed by atoms with E-state index < -0.39 is 5.60 Å². The summed E-state index contributed by atoms with van der Waals surface area (Å²) < 4.78 is 0. The molecule has 2 aromatic rings. The molecule has 1 atom stereocenters. The first-order valence-corrected chi connectivity index (χ1v) is 7.43. The average molecular weight is 309 g/mol. The number of hydrogen-bond acceptors (Lipinski definition) is 1. The first-order valence-electron chi connectivity index (χ1n) is 6.68. The second-order valence-corrected chi connectivity index (χ2v) is 6.08. The SMILES string of the molecule is CCc1ccc(C(C)(O)Cc2ccc(Cl)cc2Cl)cc1. The van der Waals surface area contributed by atoms with Gasteiger partial charge in [0.25, 0.3) is 0 Å². The minimum atomic E-state index is -0.955. The van der Waals surface area contributed by atoms with Crippen LogP contribution < -0.4 is 0 Å². The predicted octanol–water partition coefficient (Wildman–Crippen LogP) is 5.01. The lowest BCUT2D eigenvalue weighted by Gasteiger charge is -2.25. The molecule has 106 valence electrons. The summed E-state index contributed by atoms with van der Waals surface area (Å²) in [6.45, 7) is 3.92. The van der Waals surface area contributed by atoms with Crippen molar-refractivity contribution in [3.63, 3.8) is 0 Å². The Labute approximate surface area is 130 Å². The Morgan fingerprint density at radius 2 is 1.70 bits per heavy atom. The monoisotopic (exact) mass is 308 g/mol. The maximum absolute atomic E-state index is 10.7. The topological polar surface area (TPSA) is 20.2 Å². The summed E-state index contributed by atoms with van der Waals surface area (Å²) in [6, 6.07) is 13.4. The summed E-state index contributed by atoms with van der Waals surface area (Å²) in [6.07, 6.45) is 1.44. The highest BCUT2D eigenvalue weighted by molar-refractivity contribution is 6.35. The molecule has 0 amide bonds. The summed E-state index contributed by atoms with van der Waals surface area (Å²) in [5.74, 6) is 0. The molecule has 3 heteroatoms. The van der Waals surface area contributed by atoms with Crippen LogP contribution in [0.1, 0.15) is 30.5 Å². The molecular weight excluding hydrogens is 291 g/mol. The van der Waals surface area contributed by atoms with Crippen molar-refractivity contribution < 1.29 is 5.11 Å². The van der Waals surface area contributed by atoms with E-state index in [2.05, 4.69) is 6.92 Å². The largest absolute Gasteiger partial charge is 0.385 e. The molecule has 0 aliphatic heterocycles. The number of halogens is 2. The van der Waals surface area contributed by atoms with Gasteiger partial charge in [0.05, 0.1) is 5.60 Å². The number of aryl methyl sites for hydroxylation is 1. The van der Waals surface area contributed by atoms with Gasteiger partial charge in [-0.1, -0.05) is 60.5 Å². The Kier molecular flexibility index (Phi) is 4.74. The quantitative estimate of drug-likeness (QED) is 0.842. The molecule has 0 saturated heterocycles. The molecule has 1 nitrogen and oxygen atoms in total. The van der Waals surface area contributed by atoms with Crippen LogP contribution >= 0.6 is 23.2 Å². The Bertz CT molecular complexity index is 588. The van der Waals surface area contributed by atoms with Gasteiger partial charge in [-0.05, 0) is 42.2 Å². The van der Waals surface area contributed by atoms with Crippen molar-refractivity contribution in [2.75, 3.05) is 0 Å². The fraction of sp³-hybridized carbons (Fsp3) is 0.294. The van der Waals surface area contributed by atoms with Gasteiger partial charge in [-0.25, -0.2) is 0 Å². The molecule has 2 rings (SSSR count). The summed E-state index contributed by atoms with van der Waals surface area (Å²) in [4.78, 5) is 0. The van der Waals surface area contributed by atoms with Crippen LogP contribution in [-0.4, -0.2) is 5.11 Å². The van der Waals surface area contributed by atoms with Crippen molar-refractivity contribution >= 4 is 23.2 Å². The second-order valence-electron chi connectivity index (χ2n) is 5.24. The van der Waals surface area contributed by atoms with Gasteiger partial charge in [0.2, 0.25) is 0 Å². The summed E-state index contributed by atoms with van der Waals surface area (Å²) in [7, 11) is 0. The Morgan fingerprint density at radius 3 is 2.25 bits per heavy atom. The van der Waals surface area contributed by atoms with Crippen molar-refractivity contribution in [1.29, 1.82) is 0 Å². The van der Waals surface area contributed by atoms with Crippen molar-refractivity contribution in [1.82, 2.24) is 0 Å². The molecular formula is C17H18Cl2O. The first-order chi connectivity index (χ1) is 9.42. The third-order valence-corrected chi connectivity index (χ3v) is 4.12. The van der Waals surface area contributed by atoms with Gasteiger partial charge in [0.15, 0.2) is 0 Å². The molecule has 0 spiro atoms. The third kappa shape index (κ3) is 3.54. The van der Waals surface area contributed by atoms with Crippen LogP contribution in [0.2, 0.25) is 10.0 Å². The zero-order valence-electron chi connectivity index (χ0n) is 11.7. The van der Waals surface area contributed by atoms with Gasteiger partial charge in [0, 0.05) is 16.5 Å². The minimum Gasteiger partial charge on any atom is -0.385 e. The van der Waals surface area contributed by atoms with E-state index in [0.29, 0.717) is 16.5 Å². The van der Waals surface area contributed by atoms with E-state index in [1.54, 1.807) is 19.1 Å². The molecule has 0 heterocycles. The molecule has 0 saturated carbocycles. The lowest BCUT2D eigenvalue weighted by atomic mass is 9.88. The molecule has 0 aliphatic rings. The first kappa shape index (κ1) is 15.4. The van der Waals surface area contributed by atoms with Crippen molar-refractivity contribution in [2.24, 2.45) is 0 Å². The molecule has 0 fully saturated rings. The van der Waals surface area contributed by atoms with Crippen LogP contribution in [0.5, 0.6) is 0 Å². The molecule has 20 heavy (non-hydrogen) atoms. The van der Waals surface area contributed by atoms with Crippen LogP contribution in [0, 0.1) is 0 Å². The van der Waals surface area contributed by atoms with Gasteiger partial charge >= 0.3 is 0 Å². The molecule has 0 bridgehead atoms. The fourth-order valence-electron chi connectivity index (χ4n) is 2.24. The lowest BCUT2D eigenvalue weighted by molar-refractivity contribution is 0.0576. The maximum Gasteiger partial charge on any atom is 0.0909 e. The van der Waals surface area contributed by atoms with E-state index in [1.807, 2.05) is 30.3 Å². The highest BCUT2D eigenvalue weighted by Gasteiger charge is 2.24. The normalized spacial score (nSPS) is 14.1. The Morgan fingerprint density at radius 1 is 1.05 bits per heavy atom. The van der Waals surface area contributed by atoms with Crippen LogP contribution in [0.4, 0.5) is 0 Å². The number of benzene rings is 2. The van der Waals surface area contributed by atoms with E-state index in [-0.39, 0.29) is 0 Å². The van der Waals surface area contributed by atoms with Crippen LogP contribution in [0.25, 0.3) is 0 Å². The van der Waals surface area contributed by atoms with E-state index >= 15 is 0 Å². The number of rotatable bonds is 4. The Hall–Kier alpha value is -1.02. The summed E-state index contributed by atoms with van der Waals surface area (Å²) in [5, 5.41) is 11.9. The Balaban J connectivity index is 2.25. The standard InChI is InChI=1S/C17H18Cl2O/c1-3-12-4-7-14(8-5-12)17(2,20)11-13-6-9-15(18)10-16(13)19/h4-10,20H,3,11H2,1-2H3. The van der Waals surface area contributed by atoms with E-state index in [0.717, 1.165) is 17.5 Å². The van der Waals surface area contributed by atoms with Crippen molar-refractivity contribution in [3.05, 3.63) is 69.2 Å². The molecule has 0 aliphatic carbocycles. The maximum atomic E-state index is 10.7. The summed E-state index contributed by atoms with van der Waals surface area (Å²) in [5.41, 5.74) is 2.08. The van der Waals surface area contributed by atoms with Gasteiger partial charge < -0.3 is 5.11 Å². The molecule has 0 aromatic heterocycles. The fourth-order valence-corrected chi connectivity index (χ4v) is 2.71. The number of hydrogen-bond donors (Lipinski definition) is 1. The third-order valence-electron chi connectivity index (χ3n) is 3.53. The van der Waals surface area contributed by atoms with Crippen molar-refractivity contribution in [2.45, 2.75) is 32.3 Å². The summed E-state index contributed by atoms with van der Waals surface area (Å²) >= 11 is 12.1. The molecule has 1 N–H and O–H groups in total. The smallest absolute Gasteiger partial charge is 0.0909 e. The van der Waals surface area contributed by atoms with Gasteiger partial charge in [-0.2, -0.15) is 0 Å². The zero-order valence-corrected chi connectivity index (χ0v) is 13.2. The van der Waals surface area contributed by atoms with Gasteiger partial charge in [-0.15, -0.1) is 0 Å². The van der Waals surface area contributed by atoms with Crippen LogP contribution in [-0.2, 0) is 18.4 Å². The van der Waals surface area contributed by atoms with E-state index in [4.69, 9.17) is 23.2 Å². The number of aliphatic hydroxyl groups is 1. The minimum absolute atomic E-state index is 0.453. The van der Waals surface area contributed by atoms with Gasteiger partial charge in [-0.3, -0.25) is 0 Å². The highest BCUT2D eigenvalue weighted by Crippen LogP contribution is 2.30. The zero-order chi connectivity index (χ0) is 14.8. The van der Waals surface area contributed by atoms with Crippen LogP contribution in [0.3, 0.4) is 0 Å². The lowest BCUT2D eigenvalue weighted by Crippen LogP contribution is -2.24. The van der Waals surface area contributed by atoms with Gasteiger partial charge in [0.1, 0.15) is 0 Å². The van der Waals surface area contributed by atoms with Crippen LogP contribution in [0.15, 0.2) is 42.5 Å². The molecule has 0 radical (unpaired) electrons. The highest BCUT2D eigenvalue weighted by atomic mass is 35.5. The van der Waals surface area contributed by atoms with E-state index in [9.17, 15) is 5.11 Å². The average Bonchev–Trinajstić information content (AvgIpc) is 2.42. The molecule has 2 aromatic carbocycles. The van der Waals surface area contributed by atoms with Crippen molar-refractivity contribution in [3.8, 4) is 0 Å². The van der Waals surface area contributed by atoms with E-state index in [1.165, 1.54) is 5.56 Å².